The van der Waals surface area contributed by atoms with E-state index in [1.54, 1.807) is 42.5 Å². The third-order valence-corrected chi connectivity index (χ3v) is 3.98. The van der Waals surface area contributed by atoms with Crippen LogP contribution in [0.15, 0.2) is 54.2 Å². The summed E-state index contributed by atoms with van der Waals surface area (Å²) in [6.45, 7) is 0. The topological polar surface area (TPSA) is 70.5 Å². The van der Waals surface area contributed by atoms with Crippen molar-refractivity contribution in [3.05, 3.63) is 70.5 Å². The van der Waals surface area contributed by atoms with Crippen LogP contribution >= 0.6 is 11.6 Å². The number of pyridine rings is 1. The van der Waals surface area contributed by atoms with E-state index >= 15 is 0 Å². The molecular formula is C17H13ClN2O3. The fraction of sp³-hybridized carbons (Fsp3) is 0.118. The standard InChI is InChI=1S/C17H13ClN2O3/c1-20-14(10-5-4-6-11(18)9-10)13(16(22)17(20)23)15(21)12-7-2-3-8-19-12/h2-9,14,21H,1H3. The van der Waals surface area contributed by atoms with Gasteiger partial charge in [-0.05, 0) is 29.8 Å². The van der Waals surface area contributed by atoms with E-state index < -0.39 is 17.7 Å². The molecule has 1 saturated heterocycles. The molecule has 1 aromatic heterocycles. The average molecular weight is 329 g/mol. The zero-order valence-electron chi connectivity index (χ0n) is 12.2. The van der Waals surface area contributed by atoms with Crippen molar-refractivity contribution in [2.24, 2.45) is 0 Å². The number of hydrogen-bond acceptors (Lipinski definition) is 4. The van der Waals surface area contributed by atoms with Crippen molar-refractivity contribution in [2.75, 3.05) is 7.05 Å². The number of aromatic nitrogens is 1. The number of likely N-dealkylation sites (tertiary alicyclic amines) is 1. The Hall–Kier alpha value is -2.66. The molecule has 23 heavy (non-hydrogen) atoms. The number of ketones is 1. The van der Waals surface area contributed by atoms with Crippen LogP contribution in [0.5, 0.6) is 0 Å². The highest BCUT2D eigenvalue weighted by Gasteiger charge is 2.44. The van der Waals surface area contributed by atoms with E-state index in [1.807, 2.05) is 0 Å². The van der Waals surface area contributed by atoms with Crippen LogP contribution in [0.1, 0.15) is 17.3 Å². The van der Waals surface area contributed by atoms with Crippen LogP contribution in [-0.4, -0.2) is 33.7 Å². The zero-order valence-corrected chi connectivity index (χ0v) is 13.0. The van der Waals surface area contributed by atoms with Crippen molar-refractivity contribution < 1.29 is 14.7 Å². The number of Topliss-reactive ketones (excluding diaryl/α,β-unsaturated/α-hetero) is 1. The summed E-state index contributed by atoms with van der Waals surface area (Å²) in [7, 11) is 1.52. The summed E-state index contributed by atoms with van der Waals surface area (Å²) >= 11 is 6.01. The first kappa shape index (κ1) is 15.2. The third kappa shape index (κ3) is 2.59. The zero-order chi connectivity index (χ0) is 16.6. The predicted octanol–water partition coefficient (Wildman–Crippen LogP) is 2.79. The molecule has 1 fully saturated rings. The van der Waals surface area contributed by atoms with E-state index in [2.05, 4.69) is 4.98 Å². The van der Waals surface area contributed by atoms with Crippen molar-refractivity contribution in [1.82, 2.24) is 9.88 Å². The molecule has 0 aliphatic carbocycles. The van der Waals surface area contributed by atoms with Crippen molar-refractivity contribution in [2.45, 2.75) is 6.04 Å². The van der Waals surface area contributed by atoms with Gasteiger partial charge in [-0.2, -0.15) is 0 Å². The third-order valence-electron chi connectivity index (χ3n) is 3.75. The van der Waals surface area contributed by atoms with Crippen LogP contribution in [0.4, 0.5) is 0 Å². The summed E-state index contributed by atoms with van der Waals surface area (Å²) < 4.78 is 0. The monoisotopic (exact) mass is 328 g/mol. The lowest BCUT2D eigenvalue weighted by Gasteiger charge is -2.21. The Bertz CT molecular complexity index is 818. The van der Waals surface area contributed by atoms with Gasteiger partial charge in [0.25, 0.3) is 11.7 Å². The smallest absolute Gasteiger partial charge is 0.295 e. The predicted molar refractivity (Wildman–Crippen MR) is 85.8 cm³/mol. The van der Waals surface area contributed by atoms with Gasteiger partial charge in [0.15, 0.2) is 5.76 Å². The van der Waals surface area contributed by atoms with E-state index in [9.17, 15) is 14.7 Å². The van der Waals surface area contributed by atoms with Crippen molar-refractivity contribution >= 4 is 29.1 Å². The second-order valence-corrected chi connectivity index (χ2v) is 5.62. The molecular weight excluding hydrogens is 316 g/mol. The normalized spacial score (nSPS) is 20.1. The van der Waals surface area contributed by atoms with Crippen LogP contribution in [0, 0.1) is 0 Å². The molecule has 1 aliphatic heterocycles. The molecule has 1 aromatic carbocycles. The fourth-order valence-corrected chi connectivity index (χ4v) is 2.85. The number of aliphatic hydroxyl groups is 1. The van der Waals surface area contributed by atoms with Gasteiger partial charge in [0.2, 0.25) is 0 Å². The number of carbonyl (C=O) groups excluding carboxylic acids is 2. The molecule has 1 aliphatic rings. The summed E-state index contributed by atoms with van der Waals surface area (Å²) in [6, 6.07) is 11.1. The average Bonchev–Trinajstić information content (AvgIpc) is 2.79. The molecule has 5 nitrogen and oxygen atoms in total. The molecule has 2 heterocycles. The molecule has 0 radical (unpaired) electrons. The van der Waals surface area contributed by atoms with Crippen LogP contribution in [0.3, 0.4) is 0 Å². The molecule has 1 amide bonds. The largest absolute Gasteiger partial charge is 0.505 e. The summed E-state index contributed by atoms with van der Waals surface area (Å²) in [5.41, 5.74) is 0.904. The number of likely N-dealkylation sites (N-methyl/N-ethyl adjacent to an activating group) is 1. The Kier molecular flexibility index (Phi) is 3.88. The summed E-state index contributed by atoms with van der Waals surface area (Å²) in [5, 5.41) is 11.0. The molecule has 6 heteroatoms. The molecule has 1 N–H and O–H groups in total. The van der Waals surface area contributed by atoms with Gasteiger partial charge >= 0.3 is 0 Å². The number of benzene rings is 1. The molecule has 1 atom stereocenters. The number of aliphatic hydroxyl groups excluding tert-OH is 1. The van der Waals surface area contributed by atoms with Gasteiger partial charge in [0.1, 0.15) is 5.69 Å². The molecule has 116 valence electrons. The highest BCUT2D eigenvalue weighted by atomic mass is 35.5. The van der Waals surface area contributed by atoms with Crippen LogP contribution < -0.4 is 0 Å². The first-order valence-electron chi connectivity index (χ1n) is 6.92. The van der Waals surface area contributed by atoms with E-state index in [0.717, 1.165) is 0 Å². The van der Waals surface area contributed by atoms with Gasteiger partial charge in [0, 0.05) is 18.3 Å². The highest BCUT2D eigenvalue weighted by molar-refractivity contribution is 6.46. The number of nitrogens with zero attached hydrogens (tertiary/aromatic N) is 2. The maximum absolute atomic E-state index is 12.3. The van der Waals surface area contributed by atoms with E-state index in [-0.39, 0.29) is 17.0 Å². The second-order valence-electron chi connectivity index (χ2n) is 5.18. The second kappa shape index (κ2) is 5.85. The van der Waals surface area contributed by atoms with Crippen molar-refractivity contribution in [3.8, 4) is 0 Å². The van der Waals surface area contributed by atoms with Crippen molar-refractivity contribution in [1.29, 1.82) is 0 Å². The van der Waals surface area contributed by atoms with Crippen molar-refractivity contribution in [3.63, 3.8) is 0 Å². The van der Waals surface area contributed by atoms with Gasteiger partial charge in [-0.1, -0.05) is 29.8 Å². The first-order valence-corrected chi connectivity index (χ1v) is 7.30. The lowest BCUT2D eigenvalue weighted by atomic mass is 9.97. The SMILES string of the molecule is CN1C(=O)C(=O)C(=C(O)c2ccccn2)C1c1cccc(Cl)c1. The maximum atomic E-state index is 12.3. The minimum Gasteiger partial charge on any atom is -0.505 e. The minimum absolute atomic E-state index is 0.0125. The Labute approximate surface area is 137 Å². The molecule has 0 saturated carbocycles. The maximum Gasteiger partial charge on any atom is 0.295 e. The number of rotatable bonds is 2. The van der Waals surface area contributed by atoms with Gasteiger partial charge in [-0.25, -0.2) is 0 Å². The molecule has 3 rings (SSSR count). The summed E-state index contributed by atoms with van der Waals surface area (Å²) in [5.74, 6) is -1.70. The number of amides is 1. The van der Waals surface area contributed by atoms with Gasteiger partial charge < -0.3 is 10.0 Å². The molecule has 0 spiro atoms. The van der Waals surface area contributed by atoms with Gasteiger partial charge in [0.05, 0.1) is 11.6 Å². The quantitative estimate of drug-likeness (QED) is 0.523. The highest BCUT2D eigenvalue weighted by Crippen LogP contribution is 2.38. The Morgan fingerprint density at radius 1 is 1.22 bits per heavy atom. The van der Waals surface area contributed by atoms with E-state index in [1.165, 1.54) is 18.1 Å². The number of halogens is 1. The summed E-state index contributed by atoms with van der Waals surface area (Å²) in [4.78, 5) is 29.8. The lowest BCUT2D eigenvalue weighted by molar-refractivity contribution is -0.139. The van der Waals surface area contributed by atoms with E-state index in [0.29, 0.717) is 10.6 Å². The first-order chi connectivity index (χ1) is 11.0. The fourth-order valence-electron chi connectivity index (χ4n) is 2.66. The molecule has 1 unspecified atom stereocenters. The van der Waals surface area contributed by atoms with Crippen LogP contribution in [-0.2, 0) is 9.59 Å². The molecule has 2 aromatic rings. The lowest BCUT2D eigenvalue weighted by Crippen LogP contribution is -2.24. The van der Waals surface area contributed by atoms with Gasteiger partial charge in [-0.15, -0.1) is 0 Å². The minimum atomic E-state index is -0.736. The number of hydrogen-bond donors (Lipinski definition) is 1. The van der Waals surface area contributed by atoms with E-state index in [4.69, 9.17) is 11.6 Å². The molecule has 0 bridgehead atoms. The van der Waals surface area contributed by atoms with Gasteiger partial charge in [-0.3, -0.25) is 14.6 Å². The Balaban J connectivity index is 2.19. The Morgan fingerprint density at radius 3 is 2.65 bits per heavy atom. The van der Waals surface area contributed by atoms with Crippen LogP contribution in [0.25, 0.3) is 5.76 Å². The number of carbonyl (C=O) groups is 2. The Morgan fingerprint density at radius 2 is 2.00 bits per heavy atom. The van der Waals surface area contributed by atoms with Crippen LogP contribution in [0.2, 0.25) is 5.02 Å². The summed E-state index contributed by atoms with van der Waals surface area (Å²) in [6.07, 6.45) is 1.51.